The Bertz CT molecular complexity index is 607. The van der Waals surface area contributed by atoms with Gasteiger partial charge in [-0.3, -0.25) is 0 Å². The first-order chi connectivity index (χ1) is 10.3. The van der Waals surface area contributed by atoms with Gasteiger partial charge in [0.1, 0.15) is 6.33 Å². The summed E-state index contributed by atoms with van der Waals surface area (Å²) >= 11 is 0. The minimum atomic E-state index is -3.58. The van der Waals surface area contributed by atoms with Gasteiger partial charge in [-0.15, -0.1) is 11.7 Å². The molecule has 7 nitrogen and oxygen atoms in total. The molecule has 0 atom stereocenters. The van der Waals surface area contributed by atoms with Gasteiger partial charge in [-0.2, -0.15) is 4.68 Å². The number of amides is 1. The predicted molar refractivity (Wildman–Crippen MR) is 84.4 cm³/mol. The number of hydrogen-bond acceptors (Lipinski definition) is 5. The van der Waals surface area contributed by atoms with E-state index in [1.54, 1.807) is 24.8 Å². The third-order valence-electron chi connectivity index (χ3n) is 3.19. The molecular formula is C14H24N4O3S. The molecule has 0 N–H and O–H groups in total. The SMILES string of the molecule is C=CCN(CCCCC)C(=O)n1cnc(S(=O)(=O)C(C)C)n1. The number of rotatable bonds is 8. The highest BCUT2D eigenvalue weighted by Crippen LogP contribution is 2.10. The van der Waals surface area contributed by atoms with E-state index in [0.29, 0.717) is 13.1 Å². The Labute approximate surface area is 131 Å². The predicted octanol–water partition coefficient (Wildman–Crippen LogP) is 2.11. The average molecular weight is 328 g/mol. The van der Waals surface area contributed by atoms with Crippen LogP contribution in [0.2, 0.25) is 0 Å². The van der Waals surface area contributed by atoms with Crippen molar-refractivity contribution in [1.82, 2.24) is 19.7 Å². The molecule has 0 aliphatic carbocycles. The van der Waals surface area contributed by atoms with Gasteiger partial charge < -0.3 is 4.90 Å². The average Bonchev–Trinajstić information content (AvgIpc) is 2.96. The number of nitrogens with zero attached hydrogens (tertiary/aromatic N) is 4. The van der Waals surface area contributed by atoms with Crippen molar-refractivity contribution in [2.75, 3.05) is 13.1 Å². The molecular weight excluding hydrogens is 304 g/mol. The van der Waals surface area contributed by atoms with Crippen LogP contribution in [0, 0.1) is 0 Å². The molecule has 0 aliphatic rings. The molecule has 0 saturated carbocycles. The van der Waals surface area contributed by atoms with Crippen LogP contribution in [0.4, 0.5) is 4.79 Å². The van der Waals surface area contributed by atoms with E-state index in [1.807, 2.05) is 0 Å². The lowest BCUT2D eigenvalue weighted by Gasteiger charge is -2.20. The molecule has 124 valence electrons. The summed E-state index contributed by atoms with van der Waals surface area (Å²) in [5.41, 5.74) is 0. The lowest BCUT2D eigenvalue weighted by molar-refractivity contribution is 0.200. The number of carbonyl (C=O) groups is 1. The lowest BCUT2D eigenvalue weighted by Crippen LogP contribution is -2.36. The Hall–Kier alpha value is -1.70. The molecule has 0 radical (unpaired) electrons. The van der Waals surface area contributed by atoms with Crippen molar-refractivity contribution in [3.05, 3.63) is 19.0 Å². The van der Waals surface area contributed by atoms with Gasteiger partial charge in [0.25, 0.3) is 5.16 Å². The fourth-order valence-electron chi connectivity index (χ4n) is 1.80. The zero-order valence-electron chi connectivity index (χ0n) is 13.4. The zero-order valence-corrected chi connectivity index (χ0v) is 14.2. The van der Waals surface area contributed by atoms with Crippen molar-refractivity contribution in [3.8, 4) is 0 Å². The molecule has 0 unspecified atom stereocenters. The van der Waals surface area contributed by atoms with Crippen LogP contribution in [0.25, 0.3) is 0 Å². The summed E-state index contributed by atoms with van der Waals surface area (Å²) in [5, 5.41) is 2.88. The van der Waals surface area contributed by atoms with Crippen molar-refractivity contribution < 1.29 is 13.2 Å². The molecule has 1 aromatic rings. The van der Waals surface area contributed by atoms with Crippen LogP contribution >= 0.6 is 0 Å². The van der Waals surface area contributed by atoms with Crippen LogP contribution < -0.4 is 0 Å². The van der Waals surface area contributed by atoms with Crippen LogP contribution in [0.3, 0.4) is 0 Å². The molecule has 0 bridgehead atoms. The van der Waals surface area contributed by atoms with Gasteiger partial charge in [0.05, 0.1) is 5.25 Å². The summed E-state index contributed by atoms with van der Waals surface area (Å²) in [7, 11) is -3.58. The Balaban J connectivity index is 2.91. The topological polar surface area (TPSA) is 85.2 Å². The molecule has 0 aromatic carbocycles. The minimum absolute atomic E-state index is 0.317. The first kappa shape index (κ1) is 18.3. The van der Waals surface area contributed by atoms with Crippen molar-refractivity contribution in [3.63, 3.8) is 0 Å². The number of carbonyl (C=O) groups excluding carboxylic acids is 1. The monoisotopic (exact) mass is 328 g/mol. The fraction of sp³-hybridized carbons (Fsp3) is 0.643. The number of aromatic nitrogens is 3. The van der Waals surface area contributed by atoms with E-state index in [2.05, 4.69) is 23.6 Å². The van der Waals surface area contributed by atoms with E-state index in [4.69, 9.17) is 0 Å². The molecule has 1 rings (SSSR count). The first-order valence-corrected chi connectivity index (χ1v) is 8.95. The second kappa shape index (κ2) is 8.07. The third kappa shape index (κ3) is 4.40. The molecule has 1 heterocycles. The Morgan fingerprint density at radius 2 is 2.14 bits per heavy atom. The van der Waals surface area contributed by atoms with Crippen LogP contribution in [0.15, 0.2) is 24.1 Å². The quantitative estimate of drug-likeness (QED) is 0.539. The molecule has 8 heteroatoms. The Morgan fingerprint density at radius 1 is 1.45 bits per heavy atom. The Morgan fingerprint density at radius 3 is 2.68 bits per heavy atom. The maximum Gasteiger partial charge on any atom is 0.346 e. The van der Waals surface area contributed by atoms with Crippen LogP contribution in [-0.4, -0.2) is 52.5 Å². The highest BCUT2D eigenvalue weighted by atomic mass is 32.2. The van der Waals surface area contributed by atoms with Gasteiger partial charge in [-0.25, -0.2) is 18.2 Å². The second-order valence-corrected chi connectivity index (χ2v) is 7.69. The molecule has 1 aromatic heterocycles. The largest absolute Gasteiger partial charge is 0.346 e. The van der Waals surface area contributed by atoms with Crippen molar-refractivity contribution in [2.24, 2.45) is 0 Å². The summed E-state index contributed by atoms with van der Waals surface area (Å²) in [6, 6.07) is -0.395. The van der Waals surface area contributed by atoms with Crippen molar-refractivity contribution in [2.45, 2.75) is 50.4 Å². The normalized spacial score (nSPS) is 11.6. The van der Waals surface area contributed by atoms with E-state index in [1.165, 1.54) is 0 Å². The van der Waals surface area contributed by atoms with Gasteiger partial charge >= 0.3 is 6.03 Å². The van der Waals surface area contributed by atoms with E-state index < -0.39 is 21.1 Å². The van der Waals surface area contributed by atoms with E-state index in [9.17, 15) is 13.2 Å². The van der Waals surface area contributed by atoms with E-state index in [-0.39, 0.29) is 5.16 Å². The number of unbranched alkanes of at least 4 members (excludes halogenated alkanes) is 2. The number of sulfone groups is 1. The molecule has 22 heavy (non-hydrogen) atoms. The van der Waals surface area contributed by atoms with Gasteiger partial charge in [-0.05, 0) is 20.3 Å². The van der Waals surface area contributed by atoms with Gasteiger partial charge in [0.15, 0.2) is 0 Å². The summed E-state index contributed by atoms with van der Waals surface area (Å²) in [6.45, 7) is 9.78. The maximum atomic E-state index is 12.4. The van der Waals surface area contributed by atoms with Crippen LogP contribution in [0.1, 0.15) is 40.0 Å². The Kier molecular flexibility index (Phi) is 6.73. The standard InChI is InChI=1S/C14H24N4O3S/c1-5-7-8-10-17(9-6-2)14(19)18-11-15-13(16-18)22(20,21)12(3)4/h6,11-12H,2,5,7-10H2,1,3-4H3. The first-order valence-electron chi connectivity index (χ1n) is 7.40. The molecule has 0 saturated heterocycles. The second-order valence-electron chi connectivity index (χ2n) is 5.29. The third-order valence-corrected chi connectivity index (χ3v) is 5.13. The van der Waals surface area contributed by atoms with Crippen molar-refractivity contribution in [1.29, 1.82) is 0 Å². The highest BCUT2D eigenvalue weighted by molar-refractivity contribution is 7.91. The maximum absolute atomic E-state index is 12.4. The smallest absolute Gasteiger partial charge is 0.319 e. The van der Waals surface area contributed by atoms with Crippen molar-refractivity contribution >= 4 is 15.9 Å². The lowest BCUT2D eigenvalue weighted by atomic mass is 10.2. The summed E-state index contributed by atoms with van der Waals surface area (Å²) < 4.78 is 25.0. The van der Waals surface area contributed by atoms with E-state index in [0.717, 1.165) is 30.3 Å². The molecule has 0 aliphatic heterocycles. The summed E-state index contributed by atoms with van der Waals surface area (Å²) in [5.74, 6) is 0. The highest BCUT2D eigenvalue weighted by Gasteiger charge is 2.25. The summed E-state index contributed by atoms with van der Waals surface area (Å²) in [6.07, 6.45) is 5.73. The zero-order chi connectivity index (χ0) is 16.8. The van der Waals surface area contributed by atoms with Gasteiger partial charge in [0, 0.05) is 13.1 Å². The minimum Gasteiger partial charge on any atom is -0.319 e. The molecule has 0 spiro atoms. The van der Waals surface area contributed by atoms with E-state index >= 15 is 0 Å². The van der Waals surface area contributed by atoms with Crippen LogP contribution in [-0.2, 0) is 9.84 Å². The molecule has 0 fully saturated rings. The summed E-state index contributed by atoms with van der Waals surface area (Å²) in [4.78, 5) is 17.7. The van der Waals surface area contributed by atoms with Gasteiger partial charge in [-0.1, -0.05) is 25.8 Å². The van der Waals surface area contributed by atoms with Gasteiger partial charge in [0.2, 0.25) is 9.84 Å². The molecule has 1 amide bonds. The van der Waals surface area contributed by atoms with Crippen LogP contribution in [0.5, 0.6) is 0 Å². The number of hydrogen-bond donors (Lipinski definition) is 0. The fourth-order valence-corrected chi connectivity index (χ4v) is 2.62.